The molecule has 2 aliphatic heterocycles. The summed E-state index contributed by atoms with van der Waals surface area (Å²) in [6.45, 7) is 6.26. The van der Waals surface area contributed by atoms with Crippen LogP contribution in [0.3, 0.4) is 0 Å². The number of aromatic nitrogens is 5. The summed E-state index contributed by atoms with van der Waals surface area (Å²) in [7, 11) is 0. The predicted molar refractivity (Wildman–Crippen MR) is 117 cm³/mol. The van der Waals surface area contributed by atoms with Gasteiger partial charge in [0.15, 0.2) is 17.0 Å². The molecule has 3 aliphatic rings. The first-order valence-electron chi connectivity index (χ1n) is 10.9. The van der Waals surface area contributed by atoms with Gasteiger partial charge in [0.2, 0.25) is 5.82 Å². The fourth-order valence-electron chi connectivity index (χ4n) is 5.10. The van der Waals surface area contributed by atoms with E-state index in [1.165, 1.54) is 10.7 Å². The fourth-order valence-corrected chi connectivity index (χ4v) is 5.10. The van der Waals surface area contributed by atoms with Gasteiger partial charge in [0.1, 0.15) is 11.3 Å². The highest BCUT2D eigenvalue weighted by atomic mass is 19.1. The van der Waals surface area contributed by atoms with Crippen molar-refractivity contribution in [1.82, 2.24) is 24.0 Å². The van der Waals surface area contributed by atoms with Crippen molar-refractivity contribution in [3.63, 3.8) is 0 Å². The van der Waals surface area contributed by atoms with Gasteiger partial charge < -0.3 is 19.2 Å². The molecule has 0 atom stereocenters. The second-order valence-electron chi connectivity index (χ2n) is 9.48. The first-order valence-corrected chi connectivity index (χ1v) is 10.9. The number of pyridine rings is 1. The van der Waals surface area contributed by atoms with Crippen LogP contribution in [0.1, 0.15) is 49.7 Å². The average Bonchev–Trinajstić information content (AvgIpc) is 3.50. The van der Waals surface area contributed by atoms with Gasteiger partial charge in [0.05, 0.1) is 30.2 Å². The van der Waals surface area contributed by atoms with Crippen LogP contribution in [0.15, 0.2) is 37.1 Å². The minimum absolute atomic E-state index is 0.0500. The van der Waals surface area contributed by atoms with Crippen molar-refractivity contribution in [2.24, 2.45) is 0 Å². The quantitative estimate of drug-likeness (QED) is 0.501. The fraction of sp³-hybridized carbons (Fsp3) is 0.391. The minimum Gasteiger partial charge on any atom is -0.486 e. The van der Waals surface area contributed by atoms with E-state index in [4.69, 9.17) is 9.47 Å². The lowest BCUT2D eigenvalue weighted by Crippen LogP contribution is -2.45. The van der Waals surface area contributed by atoms with Crippen LogP contribution in [-0.4, -0.2) is 48.2 Å². The van der Waals surface area contributed by atoms with Crippen LogP contribution >= 0.6 is 0 Å². The number of nitrogens with one attached hydrogen (secondary N) is 1. The van der Waals surface area contributed by atoms with Gasteiger partial charge in [-0.05, 0) is 39.7 Å². The number of halogens is 1. The maximum Gasteiger partial charge on any atom is 0.261 e. The van der Waals surface area contributed by atoms with Crippen molar-refractivity contribution < 1.29 is 18.7 Å². The molecule has 0 spiro atoms. The molecule has 7 rings (SSSR count). The van der Waals surface area contributed by atoms with Crippen LogP contribution in [0, 0.1) is 5.82 Å². The molecular formula is C23H23FN6O3. The molecule has 170 valence electrons. The lowest BCUT2D eigenvalue weighted by molar-refractivity contribution is 0.0154. The van der Waals surface area contributed by atoms with Gasteiger partial charge in [0.25, 0.3) is 5.91 Å². The standard InChI is InChI=1S/C23H23FN6O3/c1-13(2)33-18-15(27-21(31)14-7-26-30-6-4-5-25-19(14)30)8-29-9-16(28-20(29)17(18)24)23-10-22(3,11-23)32-12-23/h4-9,13H,10-12H2,1-3H3,(H,27,31). The van der Waals surface area contributed by atoms with Crippen molar-refractivity contribution in [2.75, 3.05) is 11.9 Å². The van der Waals surface area contributed by atoms with Gasteiger partial charge in [-0.3, -0.25) is 4.79 Å². The molecule has 33 heavy (non-hydrogen) atoms. The van der Waals surface area contributed by atoms with E-state index in [2.05, 4.69) is 27.3 Å². The maximum atomic E-state index is 15.6. The van der Waals surface area contributed by atoms with Crippen molar-refractivity contribution >= 4 is 22.9 Å². The number of ether oxygens (including phenoxy) is 2. The van der Waals surface area contributed by atoms with E-state index in [1.54, 1.807) is 42.9 Å². The molecule has 9 nitrogen and oxygen atoms in total. The van der Waals surface area contributed by atoms with E-state index in [0.29, 0.717) is 12.3 Å². The third-order valence-electron chi connectivity index (χ3n) is 6.43. The Balaban J connectivity index is 1.41. The lowest BCUT2D eigenvalue weighted by atomic mass is 9.62. The number of fused-ring (bicyclic) bond motifs is 3. The van der Waals surface area contributed by atoms with E-state index in [1.807, 2.05) is 6.20 Å². The molecule has 1 saturated carbocycles. The van der Waals surface area contributed by atoms with Crippen LogP contribution in [0.25, 0.3) is 11.3 Å². The minimum atomic E-state index is -0.622. The van der Waals surface area contributed by atoms with Gasteiger partial charge in [-0.2, -0.15) is 9.49 Å². The summed E-state index contributed by atoms with van der Waals surface area (Å²) >= 11 is 0. The average molecular weight is 450 g/mol. The second-order valence-corrected chi connectivity index (χ2v) is 9.48. The zero-order valence-electron chi connectivity index (χ0n) is 18.5. The lowest BCUT2D eigenvalue weighted by Gasteiger charge is -2.41. The molecule has 4 aromatic rings. The molecule has 6 heterocycles. The Morgan fingerprint density at radius 2 is 2.12 bits per heavy atom. The summed E-state index contributed by atoms with van der Waals surface area (Å²) in [4.78, 5) is 21.9. The number of carbonyl (C=O) groups excluding carboxylic acids is 1. The molecular weight excluding hydrogens is 427 g/mol. The van der Waals surface area contributed by atoms with E-state index in [0.717, 1.165) is 18.5 Å². The SMILES string of the molecule is CC(C)Oc1c(NC(=O)c2cnn3cccnc23)cn2cc(C34COC(C)(C3)C4)nc2c1F. The number of imidazole rings is 1. The highest BCUT2D eigenvalue weighted by Crippen LogP contribution is 2.58. The Labute approximate surface area is 188 Å². The third-order valence-corrected chi connectivity index (χ3v) is 6.43. The number of anilines is 1. The zero-order valence-corrected chi connectivity index (χ0v) is 18.5. The van der Waals surface area contributed by atoms with E-state index < -0.39 is 11.7 Å². The van der Waals surface area contributed by atoms with Gasteiger partial charge in [-0.15, -0.1) is 0 Å². The molecule has 1 amide bonds. The summed E-state index contributed by atoms with van der Waals surface area (Å²) in [6, 6.07) is 1.72. The van der Waals surface area contributed by atoms with Gasteiger partial charge >= 0.3 is 0 Å². The monoisotopic (exact) mass is 450 g/mol. The Kier molecular flexibility index (Phi) is 4.10. The number of nitrogens with zero attached hydrogens (tertiary/aromatic N) is 5. The first kappa shape index (κ1) is 20.1. The third kappa shape index (κ3) is 3.01. The Hall–Kier alpha value is -3.53. The van der Waals surface area contributed by atoms with Crippen molar-refractivity contribution in [2.45, 2.75) is 50.7 Å². The van der Waals surface area contributed by atoms with Crippen LogP contribution in [0.2, 0.25) is 0 Å². The number of amides is 1. The smallest absolute Gasteiger partial charge is 0.261 e. The van der Waals surface area contributed by atoms with Crippen molar-refractivity contribution in [3.05, 3.63) is 54.1 Å². The molecule has 1 aliphatic carbocycles. The molecule has 2 saturated heterocycles. The molecule has 3 fully saturated rings. The summed E-state index contributed by atoms with van der Waals surface area (Å²) in [6.07, 6.45) is 9.59. The van der Waals surface area contributed by atoms with E-state index in [-0.39, 0.29) is 39.8 Å². The van der Waals surface area contributed by atoms with Crippen LogP contribution in [0.4, 0.5) is 10.1 Å². The van der Waals surface area contributed by atoms with Gasteiger partial charge in [0, 0.05) is 30.2 Å². The summed E-state index contributed by atoms with van der Waals surface area (Å²) < 4.78 is 30.4. The van der Waals surface area contributed by atoms with E-state index >= 15 is 4.39 Å². The number of rotatable bonds is 5. The number of carbonyl (C=O) groups is 1. The van der Waals surface area contributed by atoms with Crippen molar-refractivity contribution in [1.29, 1.82) is 0 Å². The molecule has 10 heteroatoms. The highest BCUT2D eigenvalue weighted by molar-refractivity contribution is 6.08. The van der Waals surface area contributed by atoms with Crippen LogP contribution < -0.4 is 10.1 Å². The molecule has 1 N–H and O–H groups in total. The van der Waals surface area contributed by atoms with E-state index in [9.17, 15) is 4.79 Å². The van der Waals surface area contributed by atoms with Crippen LogP contribution in [0.5, 0.6) is 5.75 Å². The Morgan fingerprint density at radius 3 is 2.85 bits per heavy atom. The largest absolute Gasteiger partial charge is 0.486 e. The second kappa shape index (κ2) is 6.74. The summed E-state index contributed by atoms with van der Waals surface area (Å²) in [5, 5.41) is 6.92. The molecule has 0 aromatic carbocycles. The normalized spacial score (nSPS) is 23.9. The molecule has 4 aromatic heterocycles. The first-order chi connectivity index (χ1) is 15.8. The highest BCUT2D eigenvalue weighted by Gasteiger charge is 2.61. The topological polar surface area (TPSA) is 95.0 Å². The predicted octanol–water partition coefficient (Wildman–Crippen LogP) is 3.38. The zero-order chi connectivity index (χ0) is 23.0. The molecule has 0 unspecified atom stereocenters. The Morgan fingerprint density at radius 1 is 1.30 bits per heavy atom. The summed E-state index contributed by atoms with van der Waals surface area (Å²) in [5.41, 5.74) is 1.54. The summed E-state index contributed by atoms with van der Waals surface area (Å²) in [5.74, 6) is -1.14. The number of hydrogen-bond acceptors (Lipinski definition) is 6. The maximum absolute atomic E-state index is 15.6. The molecule has 0 radical (unpaired) electrons. The Bertz CT molecular complexity index is 1420. The molecule has 2 bridgehead atoms. The number of hydrogen-bond donors (Lipinski definition) is 1. The van der Waals surface area contributed by atoms with Gasteiger partial charge in [-0.25, -0.2) is 14.5 Å². The van der Waals surface area contributed by atoms with Gasteiger partial charge in [-0.1, -0.05) is 0 Å². The van der Waals surface area contributed by atoms with Crippen LogP contribution in [-0.2, 0) is 10.2 Å². The van der Waals surface area contributed by atoms with Crippen molar-refractivity contribution in [3.8, 4) is 5.75 Å².